The topological polar surface area (TPSA) is 55.8 Å². The number of esters is 1. The molecule has 0 aliphatic carbocycles. The second-order valence-corrected chi connectivity index (χ2v) is 4.34. The maximum atomic E-state index is 11.3. The molecule has 0 fully saturated rings. The first-order chi connectivity index (χ1) is 9.19. The van der Waals surface area contributed by atoms with Crippen LogP contribution in [0.25, 0.3) is 0 Å². The standard InChI is InChI=1S/C15H22O4/c1-3-5-6-7-11-18-13-10-8-9-12(16)15(13)19-14(17)4-2/h8-10,16H,3-7,11H2,1-2H3. The first-order valence-corrected chi connectivity index (χ1v) is 6.84. The molecule has 19 heavy (non-hydrogen) atoms. The Morgan fingerprint density at radius 1 is 1.21 bits per heavy atom. The lowest BCUT2D eigenvalue weighted by Gasteiger charge is -2.12. The van der Waals surface area contributed by atoms with Crippen molar-refractivity contribution in [3.63, 3.8) is 0 Å². The molecule has 0 unspecified atom stereocenters. The zero-order chi connectivity index (χ0) is 14.1. The zero-order valence-electron chi connectivity index (χ0n) is 11.6. The lowest BCUT2D eigenvalue weighted by Crippen LogP contribution is -2.08. The van der Waals surface area contributed by atoms with Crippen LogP contribution in [-0.4, -0.2) is 17.7 Å². The number of hydrogen-bond acceptors (Lipinski definition) is 4. The number of benzene rings is 1. The van der Waals surface area contributed by atoms with Crippen molar-refractivity contribution >= 4 is 5.97 Å². The SMILES string of the molecule is CCCCCCOc1cccc(O)c1OC(=O)CC. The Morgan fingerprint density at radius 2 is 2.00 bits per heavy atom. The number of aromatic hydroxyl groups is 1. The van der Waals surface area contributed by atoms with Crippen LogP contribution < -0.4 is 9.47 Å². The van der Waals surface area contributed by atoms with E-state index in [0.29, 0.717) is 12.4 Å². The van der Waals surface area contributed by atoms with Gasteiger partial charge in [-0.3, -0.25) is 4.79 Å². The van der Waals surface area contributed by atoms with Gasteiger partial charge in [0.1, 0.15) is 0 Å². The van der Waals surface area contributed by atoms with Crippen molar-refractivity contribution in [2.45, 2.75) is 46.0 Å². The maximum Gasteiger partial charge on any atom is 0.311 e. The molecule has 0 spiro atoms. The summed E-state index contributed by atoms with van der Waals surface area (Å²) < 4.78 is 10.7. The Morgan fingerprint density at radius 3 is 2.68 bits per heavy atom. The first-order valence-electron chi connectivity index (χ1n) is 6.84. The van der Waals surface area contributed by atoms with E-state index in [4.69, 9.17) is 9.47 Å². The summed E-state index contributed by atoms with van der Waals surface area (Å²) in [6, 6.07) is 4.83. The summed E-state index contributed by atoms with van der Waals surface area (Å²) >= 11 is 0. The summed E-state index contributed by atoms with van der Waals surface area (Å²) in [7, 11) is 0. The van der Waals surface area contributed by atoms with Gasteiger partial charge in [0.2, 0.25) is 5.75 Å². The molecule has 0 atom stereocenters. The van der Waals surface area contributed by atoms with Crippen LogP contribution in [0.1, 0.15) is 46.0 Å². The number of phenols is 1. The van der Waals surface area contributed by atoms with Gasteiger partial charge in [-0.05, 0) is 18.6 Å². The fourth-order valence-corrected chi connectivity index (χ4v) is 1.62. The number of phenolic OH excluding ortho intramolecular Hbond substituents is 1. The number of hydrogen-bond donors (Lipinski definition) is 1. The second kappa shape index (κ2) is 8.40. The third-order valence-electron chi connectivity index (χ3n) is 2.72. The average Bonchev–Trinajstić information content (AvgIpc) is 2.41. The molecule has 4 heteroatoms. The third-order valence-corrected chi connectivity index (χ3v) is 2.72. The van der Waals surface area contributed by atoms with E-state index in [1.807, 2.05) is 0 Å². The minimum atomic E-state index is -0.391. The summed E-state index contributed by atoms with van der Waals surface area (Å²) in [5, 5.41) is 9.72. The van der Waals surface area contributed by atoms with Crippen LogP contribution >= 0.6 is 0 Å². The van der Waals surface area contributed by atoms with Gasteiger partial charge < -0.3 is 14.6 Å². The van der Waals surface area contributed by atoms with E-state index >= 15 is 0 Å². The van der Waals surface area contributed by atoms with Gasteiger partial charge in [0.15, 0.2) is 11.5 Å². The highest BCUT2D eigenvalue weighted by Gasteiger charge is 2.13. The summed E-state index contributed by atoms with van der Waals surface area (Å²) in [5.74, 6) is 0.0633. The molecule has 1 aromatic rings. The molecule has 0 heterocycles. The minimum Gasteiger partial charge on any atom is -0.504 e. The van der Waals surface area contributed by atoms with Gasteiger partial charge in [-0.15, -0.1) is 0 Å². The number of ether oxygens (including phenoxy) is 2. The fourth-order valence-electron chi connectivity index (χ4n) is 1.62. The van der Waals surface area contributed by atoms with Gasteiger partial charge in [-0.25, -0.2) is 0 Å². The molecule has 4 nitrogen and oxygen atoms in total. The van der Waals surface area contributed by atoms with Crippen molar-refractivity contribution in [2.24, 2.45) is 0 Å². The molecule has 0 amide bonds. The fraction of sp³-hybridized carbons (Fsp3) is 0.533. The van der Waals surface area contributed by atoms with Gasteiger partial charge in [0, 0.05) is 6.42 Å². The Balaban J connectivity index is 2.61. The van der Waals surface area contributed by atoms with Gasteiger partial charge >= 0.3 is 5.97 Å². The van der Waals surface area contributed by atoms with E-state index in [9.17, 15) is 9.90 Å². The van der Waals surface area contributed by atoms with Crippen molar-refractivity contribution in [1.82, 2.24) is 0 Å². The highest BCUT2D eigenvalue weighted by atomic mass is 16.6. The van der Waals surface area contributed by atoms with Crippen LogP contribution in [0.5, 0.6) is 17.2 Å². The summed E-state index contributed by atoms with van der Waals surface area (Å²) in [6.45, 7) is 4.41. The van der Waals surface area contributed by atoms with Crippen LogP contribution in [0.3, 0.4) is 0 Å². The van der Waals surface area contributed by atoms with Crippen LogP contribution in [0, 0.1) is 0 Å². The number of unbranched alkanes of at least 4 members (excludes halogenated alkanes) is 3. The molecule has 0 radical (unpaired) electrons. The van der Waals surface area contributed by atoms with Crippen LogP contribution in [0.15, 0.2) is 18.2 Å². The van der Waals surface area contributed by atoms with Crippen molar-refractivity contribution in [3.8, 4) is 17.2 Å². The highest BCUT2D eigenvalue weighted by Crippen LogP contribution is 2.36. The normalized spacial score (nSPS) is 10.2. The number of para-hydroxylation sites is 1. The Labute approximate surface area is 114 Å². The molecule has 0 bridgehead atoms. The van der Waals surface area contributed by atoms with Gasteiger partial charge in [-0.2, -0.15) is 0 Å². The molecule has 0 aromatic heterocycles. The van der Waals surface area contributed by atoms with E-state index in [-0.39, 0.29) is 17.9 Å². The lowest BCUT2D eigenvalue weighted by atomic mass is 10.2. The van der Waals surface area contributed by atoms with Crippen LogP contribution in [0.4, 0.5) is 0 Å². The number of rotatable bonds is 8. The molecule has 1 rings (SSSR count). The summed E-state index contributed by atoms with van der Waals surface area (Å²) in [6.07, 6.45) is 4.67. The van der Waals surface area contributed by atoms with E-state index < -0.39 is 5.97 Å². The Kier molecular flexibility index (Phi) is 6.79. The Bertz CT molecular complexity index is 401. The largest absolute Gasteiger partial charge is 0.504 e. The maximum absolute atomic E-state index is 11.3. The predicted octanol–water partition coefficient (Wildman–Crippen LogP) is 3.67. The van der Waals surface area contributed by atoms with Crippen molar-refractivity contribution in [3.05, 3.63) is 18.2 Å². The molecule has 0 aliphatic rings. The second-order valence-electron chi connectivity index (χ2n) is 4.34. The van der Waals surface area contributed by atoms with Gasteiger partial charge in [0.05, 0.1) is 6.61 Å². The van der Waals surface area contributed by atoms with Crippen molar-refractivity contribution in [1.29, 1.82) is 0 Å². The van der Waals surface area contributed by atoms with Crippen LogP contribution in [0.2, 0.25) is 0 Å². The van der Waals surface area contributed by atoms with Crippen molar-refractivity contribution in [2.75, 3.05) is 6.61 Å². The smallest absolute Gasteiger partial charge is 0.311 e. The molecule has 0 saturated heterocycles. The monoisotopic (exact) mass is 266 g/mol. The number of carbonyl (C=O) groups is 1. The Hall–Kier alpha value is -1.71. The molecule has 0 saturated carbocycles. The molecule has 106 valence electrons. The molecule has 1 N–H and O–H groups in total. The molecular formula is C15H22O4. The van der Waals surface area contributed by atoms with Gasteiger partial charge in [-0.1, -0.05) is 39.2 Å². The predicted molar refractivity (Wildman–Crippen MR) is 73.7 cm³/mol. The quantitative estimate of drug-likeness (QED) is 0.443. The molecule has 0 aliphatic heterocycles. The molecule has 1 aromatic carbocycles. The van der Waals surface area contributed by atoms with Gasteiger partial charge in [0.25, 0.3) is 0 Å². The van der Waals surface area contributed by atoms with E-state index in [1.165, 1.54) is 18.9 Å². The van der Waals surface area contributed by atoms with E-state index in [0.717, 1.165) is 12.8 Å². The summed E-state index contributed by atoms with van der Waals surface area (Å²) in [5.41, 5.74) is 0. The average molecular weight is 266 g/mol. The zero-order valence-corrected chi connectivity index (χ0v) is 11.6. The number of carbonyl (C=O) groups excluding carboxylic acids is 1. The third kappa shape index (κ3) is 5.20. The van der Waals surface area contributed by atoms with E-state index in [2.05, 4.69) is 6.92 Å². The molecular weight excluding hydrogens is 244 g/mol. The summed E-state index contributed by atoms with van der Waals surface area (Å²) in [4.78, 5) is 11.3. The van der Waals surface area contributed by atoms with Crippen molar-refractivity contribution < 1.29 is 19.4 Å². The lowest BCUT2D eigenvalue weighted by molar-refractivity contribution is -0.134. The van der Waals surface area contributed by atoms with E-state index in [1.54, 1.807) is 19.1 Å². The first kappa shape index (κ1) is 15.3. The van der Waals surface area contributed by atoms with Crippen LogP contribution in [-0.2, 0) is 4.79 Å². The highest BCUT2D eigenvalue weighted by molar-refractivity contribution is 5.74. The minimum absolute atomic E-state index is 0.0761.